The van der Waals surface area contributed by atoms with E-state index in [0.29, 0.717) is 17.8 Å². The topological polar surface area (TPSA) is 51.0 Å². The maximum absolute atomic E-state index is 12.6. The maximum atomic E-state index is 12.6. The van der Waals surface area contributed by atoms with Gasteiger partial charge in [0.15, 0.2) is 5.16 Å². The Morgan fingerprint density at radius 3 is 2.92 bits per heavy atom. The summed E-state index contributed by atoms with van der Waals surface area (Å²) in [4.78, 5) is 15.9. The maximum Gasteiger partial charge on any atom is 0.233 e. The lowest BCUT2D eigenvalue weighted by atomic mass is 10.0. The molecule has 0 bridgehead atoms. The van der Waals surface area contributed by atoms with Crippen molar-refractivity contribution in [3.8, 4) is 0 Å². The summed E-state index contributed by atoms with van der Waals surface area (Å²) < 4.78 is 2.28. The summed E-state index contributed by atoms with van der Waals surface area (Å²) in [6.07, 6.45) is 6.71. The number of carbonyl (C=O) groups excluding carboxylic acids is 1. The van der Waals surface area contributed by atoms with Crippen molar-refractivity contribution < 1.29 is 4.79 Å². The van der Waals surface area contributed by atoms with E-state index in [1.165, 1.54) is 24.1 Å². The molecule has 3 heterocycles. The number of amides is 1. The van der Waals surface area contributed by atoms with Crippen molar-refractivity contribution in [3.05, 3.63) is 28.2 Å². The summed E-state index contributed by atoms with van der Waals surface area (Å²) in [6, 6.07) is 5.12. The van der Waals surface area contributed by atoms with Crippen LogP contribution in [0, 0.1) is 0 Å². The van der Waals surface area contributed by atoms with Gasteiger partial charge < -0.3 is 9.47 Å². The largest absolute Gasteiger partial charge is 0.339 e. The van der Waals surface area contributed by atoms with Crippen LogP contribution in [0.3, 0.4) is 0 Å². The number of hydrogen-bond acceptors (Lipinski definition) is 5. The van der Waals surface area contributed by atoms with Crippen LogP contribution in [0.4, 0.5) is 0 Å². The second kappa shape index (κ2) is 7.50. The van der Waals surface area contributed by atoms with Crippen molar-refractivity contribution in [3.63, 3.8) is 0 Å². The van der Waals surface area contributed by atoms with E-state index >= 15 is 0 Å². The van der Waals surface area contributed by atoms with Gasteiger partial charge >= 0.3 is 0 Å². The molecule has 2 aromatic heterocycles. The summed E-state index contributed by atoms with van der Waals surface area (Å²) in [5, 5.41) is 11.8. The Bertz CT molecular complexity index is 724. The van der Waals surface area contributed by atoms with Crippen LogP contribution in [0.15, 0.2) is 22.7 Å². The highest BCUT2D eigenvalue weighted by molar-refractivity contribution is 7.99. The first-order valence-corrected chi connectivity index (χ1v) is 11.0. The van der Waals surface area contributed by atoms with Crippen LogP contribution >= 0.6 is 23.1 Å². The quantitative estimate of drug-likeness (QED) is 0.721. The number of thioether (sulfide) groups is 1. The van der Waals surface area contributed by atoms with E-state index in [1.54, 1.807) is 23.1 Å². The zero-order chi connectivity index (χ0) is 17.2. The number of rotatable bonds is 6. The second-order valence-electron chi connectivity index (χ2n) is 6.98. The third-order valence-electron chi connectivity index (χ3n) is 5.01. The number of nitrogens with zero attached hydrogens (tertiary/aromatic N) is 4. The molecule has 0 aromatic carbocycles. The van der Waals surface area contributed by atoms with Gasteiger partial charge in [-0.1, -0.05) is 17.8 Å². The van der Waals surface area contributed by atoms with E-state index in [1.807, 2.05) is 4.90 Å². The molecule has 1 saturated heterocycles. The van der Waals surface area contributed by atoms with Gasteiger partial charge in [-0.15, -0.1) is 21.5 Å². The highest BCUT2D eigenvalue weighted by Crippen LogP contribution is 2.39. The van der Waals surface area contributed by atoms with Crippen molar-refractivity contribution >= 4 is 29.0 Å². The van der Waals surface area contributed by atoms with Crippen molar-refractivity contribution in [2.75, 3.05) is 12.3 Å². The molecular weight excluding hydrogens is 352 g/mol. The lowest BCUT2D eigenvalue weighted by Gasteiger charge is -2.33. The smallest absolute Gasteiger partial charge is 0.233 e. The molecule has 25 heavy (non-hydrogen) atoms. The molecule has 7 heteroatoms. The Labute approximate surface area is 156 Å². The number of piperidine rings is 1. The number of likely N-dealkylation sites (tertiary alicyclic amines) is 1. The number of aromatic nitrogens is 3. The zero-order valence-corrected chi connectivity index (χ0v) is 16.2. The van der Waals surface area contributed by atoms with Crippen molar-refractivity contribution in [2.24, 2.45) is 0 Å². The van der Waals surface area contributed by atoms with Crippen molar-refractivity contribution in [1.82, 2.24) is 19.7 Å². The molecule has 2 fully saturated rings. The van der Waals surface area contributed by atoms with E-state index in [0.717, 1.165) is 36.8 Å². The van der Waals surface area contributed by atoms with Crippen LogP contribution in [0.2, 0.25) is 0 Å². The normalized spacial score (nSPS) is 20.8. The van der Waals surface area contributed by atoms with E-state index in [9.17, 15) is 4.79 Å². The van der Waals surface area contributed by atoms with Gasteiger partial charge in [0.25, 0.3) is 0 Å². The minimum absolute atomic E-state index is 0.238. The van der Waals surface area contributed by atoms with Gasteiger partial charge in [-0.25, -0.2) is 0 Å². The predicted octanol–water partition coefficient (Wildman–Crippen LogP) is 3.76. The van der Waals surface area contributed by atoms with Gasteiger partial charge in [-0.2, -0.15) is 0 Å². The molecule has 1 aliphatic heterocycles. The Morgan fingerprint density at radius 2 is 2.20 bits per heavy atom. The van der Waals surface area contributed by atoms with E-state index < -0.39 is 0 Å². The monoisotopic (exact) mass is 376 g/mol. The van der Waals surface area contributed by atoms with Crippen LogP contribution in [0.5, 0.6) is 0 Å². The summed E-state index contributed by atoms with van der Waals surface area (Å²) in [5.41, 5.74) is 0. The fourth-order valence-electron chi connectivity index (χ4n) is 3.47. The summed E-state index contributed by atoms with van der Waals surface area (Å²) >= 11 is 3.31. The van der Waals surface area contributed by atoms with Gasteiger partial charge in [-0.05, 0) is 50.5 Å². The lowest BCUT2D eigenvalue weighted by Crippen LogP contribution is -2.43. The fourth-order valence-corrected chi connectivity index (χ4v) is 5.08. The SMILES string of the molecule is C[C@@H]1CCCCN1C(=O)CSc1nnc(Cc2cccs2)n1C1CC1. The van der Waals surface area contributed by atoms with E-state index in [-0.39, 0.29) is 5.91 Å². The molecule has 1 atom stereocenters. The van der Waals surface area contributed by atoms with Gasteiger partial charge in [0, 0.05) is 29.9 Å². The molecule has 5 nitrogen and oxygen atoms in total. The van der Waals surface area contributed by atoms with Crippen molar-refractivity contribution in [1.29, 1.82) is 0 Å². The van der Waals surface area contributed by atoms with Gasteiger partial charge in [0.05, 0.1) is 5.75 Å². The number of hydrogen-bond donors (Lipinski definition) is 0. The van der Waals surface area contributed by atoms with Gasteiger partial charge in [-0.3, -0.25) is 4.79 Å². The standard InChI is InChI=1S/C18H24N4OS2/c1-13-5-2-3-9-21(13)17(23)12-25-18-20-19-16(22(18)14-7-8-14)11-15-6-4-10-24-15/h4,6,10,13-14H,2-3,5,7-9,11-12H2,1H3/t13-/m1/s1. The molecule has 0 unspecified atom stereocenters. The van der Waals surface area contributed by atoms with Crippen LogP contribution < -0.4 is 0 Å². The van der Waals surface area contributed by atoms with Crippen LogP contribution in [0.25, 0.3) is 0 Å². The summed E-state index contributed by atoms with van der Waals surface area (Å²) in [7, 11) is 0. The molecule has 2 aliphatic rings. The Hall–Kier alpha value is -1.34. The molecular formula is C18H24N4OS2. The molecule has 2 aromatic rings. The Balaban J connectivity index is 1.43. The molecule has 0 radical (unpaired) electrons. The first-order chi connectivity index (χ1) is 12.2. The highest BCUT2D eigenvalue weighted by atomic mass is 32.2. The molecule has 4 rings (SSSR count). The minimum atomic E-state index is 0.238. The summed E-state index contributed by atoms with van der Waals surface area (Å²) in [5.74, 6) is 1.74. The zero-order valence-electron chi connectivity index (χ0n) is 14.6. The average Bonchev–Trinajstić information content (AvgIpc) is 3.16. The molecule has 1 saturated carbocycles. The molecule has 0 spiro atoms. The third-order valence-corrected chi connectivity index (χ3v) is 6.81. The third kappa shape index (κ3) is 3.92. The first kappa shape index (κ1) is 17.1. The van der Waals surface area contributed by atoms with Crippen LogP contribution in [-0.2, 0) is 11.2 Å². The van der Waals surface area contributed by atoms with Gasteiger partial charge in [0.2, 0.25) is 5.91 Å². The van der Waals surface area contributed by atoms with Gasteiger partial charge in [0.1, 0.15) is 5.82 Å². The van der Waals surface area contributed by atoms with Crippen molar-refractivity contribution in [2.45, 2.75) is 62.7 Å². The predicted molar refractivity (Wildman–Crippen MR) is 101 cm³/mol. The second-order valence-corrected chi connectivity index (χ2v) is 8.95. The molecule has 0 N–H and O–H groups in total. The van der Waals surface area contributed by atoms with E-state index in [4.69, 9.17) is 0 Å². The first-order valence-electron chi connectivity index (χ1n) is 9.11. The number of thiophene rings is 1. The van der Waals surface area contributed by atoms with Crippen LogP contribution in [0.1, 0.15) is 55.8 Å². The summed E-state index contributed by atoms with van der Waals surface area (Å²) in [6.45, 7) is 3.06. The van der Waals surface area contributed by atoms with Crippen LogP contribution in [-0.4, -0.2) is 43.9 Å². The fraction of sp³-hybridized carbons (Fsp3) is 0.611. The number of carbonyl (C=O) groups is 1. The molecule has 1 amide bonds. The highest BCUT2D eigenvalue weighted by Gasteiger charge is 2.30. The molecule has 134 valence electrons. The molecule has 1 aliphatic carbocycles. The van der Waals surface area contributed by atoms with E-state index in [2.05, 4.69) is 39.2 Å². The lowest BCUT2D eigenvalue weighted by molar-refractivity contribution is -0.131. The minimum Gasteiger partial charge on any atom is -0.339 e. The Kier molecular flexibility index (Phi) is 5.12. The average molecular weight is 377 g/mol. The Morgan fingerprint density at radius 1 is 1.32 bits per heavy atom.